The third-order valence-electron chi connectivity index (χ3n) is 5.47. The Hall–Kier alpha value is -2.38. The molecule has 8 heteroatoms. The molecule has 1 amide bonds. The Kier molecular flexibility index (Phi) is 5.87. The van der Waals surface area contributed by atoms with Gasteiger partial charge in [-0.1, -0.05) is 36.9 Å². The van der Waals surface area contributed by atoms with Crippen molar-refractivity contribution in [3.05, 3.63) is 63.9 Å². The fourth-order valence-electron chi connectivity index (χ4n) is 3.88. The lowest BCUT2D eigenvalue weighted by Crippen LogP contribution is -2.20. The predicted molar refractivity (Wildman–Crippen MR) is 117 cm³/mol. The number of nitrogens with zero attached hydrogens (tertiary/aromatic N) is 4. The zero-order chi connectivity index (χ0) is 20.4. The van der Waals surface area contributed by atoms with Crippen LogP contribution in [0.5, 0.6) is 0 Å². The third-order valence-corrected chi connectivity index (χ3v) is 6.26. The molecule has 3 aromatic rings. The van der Waals surface area contributed by atoms with Gasteiger partial charge in [0.2, 0.25) is 10.7 Å². The van der Waals surface area contributed by atoms with Crippen molar-refractivity contribution in [2.24, 2.45) is 0 Å². The van der Waals surface area contributed by atoms with Crippen LogP contribution >= 0.6 is 23.8 Å². The van der Waals surface area contributed by atoms with Gasteiger partial charge in [0.25, 0.3) is 0 Å². The van der Waals surface area contributed by atoms with E-state index in [4.69, 9.17) is 28.9 Å². The van der Waals surface area contributed by atoms with Crippen LogP contribution in [0, 0.1) is 11.7 Å². The molecule has 4 rings (SSSR count). The van der Waals surface area contributed by atoms with Gasteiger partial charge in [-0.2, -0.15) is 5.10 Å². The Morgan fingerprint density at radius 3 is 2.66 bits per heavy atom. The molecule has 1 fully saturated rings. The summed E-state index contributed by atoms with van der Waals surface area (Å²) >= 11 is 11.9. The summed E-state index contributed by atoms with van der Waals surface area (Å²) in [6, 6.07) is 9.37. The molecule has 0 aliphatic heterocycles. The summed E-state index contributed by atoms with van der Waals surface area (Å²) in [6.45, 7) is 1.93. The second kappa shape index (κ2) is 8.55. The smallest absolute Gasteiger partial charge is 0.246 e. The summed E-state index contributed by atoms with van der Waals surface area (Å²) in [5.74, 6) is 1.10. The molecule has 0 saturated heterocycles. The van der Waals surface area contributed by atoms with Gasteiger partial charge in [0.05, 0.1) is 0 Å². The van der Waals surface area contributed by atoms with Crippen LogP contribution in [0.3, 0.4) is 0 Å². The van der Waals surface area contributed by atoms with Crippen molar-refractivity contribution in [1.82, 2.24) is 19.1 Å². The fourth-order valence-corrected chi connectivity index (χ4v) is 4.35. The van der Waals surface area contributed by atoms with E-state index in [1.165, 1.54) is 19.3 Å². The molecule has 2 aromatic heterocycles. The standard InChI is InChI=1S/C21H24ClN5OS/c1-15-17(22)10-7-11-18(15)23-19(28)14-26-21(29)27(25-12-5-6-13-25)20(24-26)16-8-3-2-4-9-16/h5-7,10-13,16H,2-4,8-9,14H2,1H3,(H,23,28). The summed E-state index contributed by atoms with van der Waals surface area (Å²) in [7, 11) is 0. The van der Waals surface area contributed by atoms with Crippen molar-refractivity contribution in [1.29, 1.82) is 0 Å². The van der Waals surface area contributed by atoms with Gasteiger partial charge in [-0.25, -0.2) is 9.36 Å². The maximum atomic E-state index is 12.7. The van der Waals surface area contributed by atoms with Gasteiger partial charge in [-0.3, -0.25) is 9.47 Å². The molecule has 0 radical (unpaired) electrons. The first-order chi connectivity index (χ1) is 14.0. The van der Waals surface area contributed by atoms with Crippen LogP contribution in [0.25, 0.3) is 0 Å². The zero-order valence-electron chi connectivity index (χ0n) is 16.3. The van der Waals surface area contributed by atoms with Crippen LogP contribution in [0.1, 0.15) is 49.4 Å². The lowest BCUT2D eigenvalue weighted by molar-refractivity contribution is -0.116. The molecule has 0 bridgehead atoms. The van der Waals surface area contributed by atoms with Crippen LogP contribution in [-0.4, -0.2) is 25.0 Å². The first kappa shape index (κ1) is 19.9. The summed E-state index contributed by atoms with van der Waals surface area (Å²) < 4.78 is 6.02. The van der Waals surface area contributed by atoms with E-state index in [1.54, 1.807) is 10.7 Å². The van der Waals surface area contributed by atoms with Gasteiger partial charge in [0.15, 0.2) is 5.82 Å². The van der Waals surface area contributed by atoms with E-state index in [9.17, 15) is 4.79 Å². The summed E-state index contributed by atoms with van der Waals surface area (Å²) in [6.07, 6.45) is 9.76. The Balaban J connectivity index is 1.63. The van der Waals surface area contributed by atoms with Gasteiger partial charge < -0.3 is 5.32 Å². The van der Waals surface area contributed by atoms with E-state index in [1.807, 2.05) is 52.9 Å². The Labute approximate surface area is 180 Å². The molecular formula is C21H24ClN5OS. The number of nitrogens with one attached hydrogen (secondary N) is 1. The monoisotopic (exact) mass is 429 g/mol. The number of carbonyl (C=O) groups is 1. The molecule has 1 saturated carbocycles. The number of aromatic nitrogens is 4. The summed E-state index contributed by atoms with van der Waals surface area (Å²) in [4.78, 5) is 12.7. The molecule has 152 valence electrons. The number of rotatable bonds is 5. The second-order valence-electron chi connectivity index (χ2n) is 7.47. The van der Waals surface area contributed by atoms with Crippen LogP contribution in [-0.2, 0) is 11.3 Å². The molecular weight excluding hydrogens is 406 g/mol. The largest absolute Gasteiger partial charge is 0.324 e. The molecule has 1 aliphatic rings. The molecule has 2 heterocycles. The highest BCUT2D eigenvalue weighted by Gasteiger charge is 2.24. The van der Waals surface area contributed by atoms with Crippen molar-refractivity contribution >= 4 is 35.4 Å². The average molecular weight is 430 g/mol. The SMILES string of the molecule is Cc1c(Cl)cccc1NC(=O)Cn1nc(C2CCCCC2)n(-n2cccc2)c1=S. The minimum Gasteiger partial charge on any atom is -0.324 e. The van der Waals surface area contributed by atoms with Crippen molar-refractivity contribution in [2.45, 2.75) is 51.5 Å². The van der Waals surface area contributed by atoms with Crippen molar-refractivity contribution in [3.8, 4) is 0 Å². The van der Waals surface area contributed by atoms with Gasteiger partial charge >= 0.3 is 0 Å². The van der Waals surface area contributed by atoms with E-state index < -0.39 is 0 Å². The highest BCUT2D eigenvalue weighted by atomic mass is 35.5. The number of hydrogen-bond donors (Lipinski definition) is 1. The Morgan fingerprint density at radius 2 is 1.93 bits per heavy atom. The first-order valence-electron chi connectivity index (χ1n) is 9.93. The van der Waals surface area contributed by atoms with E-state index >= 15 is 0 Å². The van der Waals surface area contributed by atoms with E-state index in [0.29, 0.717) is 21.4 Å². The number of anilines is 1. The molecule has 29 heavy (non-hydrogen) atoms. The van der Waals surface area contributed by atoms with Crippen molar-refractivity contribution in [2.75, 3.05) is 5.32 Å². The van der Waals surface area contributed by atoms with Gasteiger partial charge in [0.1, 0.15) is 6.54 Å². The zero-order valence-corrected chi connectivity index (χ0v) is 17.9. The maximum Gasteiger partial charge on any atom is 0.246 e. The molecule has 1 N–H and O–H groups in total. The summed E-state index contributed by atoms with van der Waals surface area (Å²) in [5.41, 5.74) is 1.54. The normalized spacial score (nSPS) is 14.8. The molecule has 0 atom stereocenters. The fraction of sp³-hybridized carbons (Fsp3) is 0.381. The van der Waals surface area contributed by atoms with Crippen LogP contribution in [0.15, 0.2) is 42.7 Å². The lowest BCUT2D eigenvalue weighted by atomic mass is 9.89. The highest BCUT2D eigenvalue weighted by molar-refractivity contribution is 7.71. The molecule has 1 aromatic carbocycles. The summed E-state index contributed by atoms with van der Waals surface area (Å²) in [5, 5.41) is 8.32. The molecule has 1 aliphatic carbocycles. The number of hydrogen-bond acceptors (Lipinski definition) is 3. The maximum absolute atomic E-state index is 12.7. The Bertz CT molecular complexity index is 1060. The minimum absolute atomic E-state index is 0.0543. The molecule has 0 unspecified atom stereocenters. The topological polar surface area (TPSA) is 56.8 Å². The number of amides is 1. The van der Waals surface area contributed by atoms with Crippen molar-refractivity contribution in [3.63, 3.8) is 0 Å². The third kappa shape index (κ3) is 4.16. The molecule has 6 nitrogen and oxygen atoms in total. The van der Waals surface area contributed by atoms with Crippen LogP contribution in [0.4, 0.5) is 5.69 Å². The number of carbonyl (C=O) groups excluding carboxylic acids is 1. The first-order valence-corrected chi connectivity index (χ1v) is 10.7. The lowest BCUT2D eigenvalue weighted by Gasteiger charge is -2.21. The number of halogens is 1. The van der Waals surface area contributed by atoms with E-state index in [-0.39, 0.29) is 12.5 Å². The minimum atomic E-state index is -0.182. The Morgan fingerprint density at radius 1 is 1.21 bits per heavy atom. The molecule has 0 spiro atoms. The number of benzene rings is 1. The average Bonchev–Trinajstić information content (AvgIpc) is 3.35. The van der Waals surface area contributed by atoms with Crippen LogP contribution in [0.2, 0.25) is 5.02 Å². The highest BCUT2D eigenvalue weighted by Crippen LogP contribution is 2.32. The van der Waals surface area contributed by atoms with Gasteiger partial charge in [-0.15, -0.1) is 0 Å². The van der Waals surface area contributed by atoms with E-state index in [2.05, 4.69) is 5.32 Å². The second-order valence-corrected chi connectivity index (χ2v) is 8.24. The van der Waals surface area contributed by atoms with Crippen molar-refractivity contribution < 1.29 is 4.79 Å². The van der Waals surface area contributed by atoms with Crippen LogP contribution < -0.4 is 5.32 Å². The van der Waals surface area contributed by atoms with Gasteiger partial charge in [-0.05, 0) is 61.8 Å². The quantitative estimate of drug-likeness (QED) is 0.569. The van der Waals surface area contributed by atoms with Gasteiger partial charge in [0, 0.05) is 29.0 Å². The predicted octanol–water partition coefficient (Wildman–Crippen LogP) is 5.18. The van der Waals surface area contributed by atoms with E-state index in [0.717, 1.165) is 24.2 Å².